The number of amides is 3. The highest BCUT2D eigenvalue weighted by molar-refractivity contribution is 6.05. The maximum Gasteiger partial charge on any atom is 0.291 e. The molecular formula is C25H32N4O4. The molecule has 8 heteroatoms. The van der Waals surface area contributed by atoms with Gasteiger partial charge in [-0.2, -0.15) is 0 Å². The van der Waals surface area contributed by atoms with Crippen molar-refractivity contribution in [2.75, 3.05) is 49.5 Å². The van der Waals surface area contributed by atoms with Crippen LogP contribution < -0.4 is 10.2 Å². The topological polar surface area (TPSA) is 86.1 Å². The minimum Gasteiger partial charge on any atom is -0.459 e. The van der Waals surface area contributed by atoms with Crippen molar-refractivity contribution < 1.29 is 18.8 Å². The average molecular weight is 453 g/mol. The van der Waals surface area contributed by atoms with E-state index in [1.54, 1.807) is 23.1 Å². The summed E-state index contributed by atoms with van der Waals surface area (Å²) in [4.78, 5) is 44.3. The molecule has 176 valence electrons. The van der Waals surface area contributed by atoms with Gasteiger partial charge < -0.3 is 24.4 Å². The van der Waals surface area contributed by atoms with Crippen LogP contribution >= 0.6 is 0 Å². The van der Waals surface area contributed by atoms with Gasteiger partial charge in [0.05, 0.1) is 11.8 Å². The van der Waals surface area contributed by atoms with E-state index in [9.17, 15) is 14.4 Å². The first kappa shape index (κ1) is 22.9. The predicted octanol–water partition coefficient (Wildman–Crippen LogP) is 3.46. The lowest BCUT2D eigenvalue weighted by Crippen LogP contribution is -2.37. The number of nitrogens with zero attached hydrogens (tertiary/aromatic N) is 3. The maximum atomic E-state index is 13.4. The van der Waals surface area contributed by atoms with Crippen molar-refractivity contribution in [3.05, 3.63) is 47.9 Å². The number of rotatable bonds is 7. The molecule has 4 rings (SSSR count). The molecule has 3 amide bonds. The van der Waals surface area contributed by atoms with E-state index in [1.807, 2.05) is 30.9 Å². The highest BCUT2D eigenvalue weighted by Crippen LogP contribution is 2.32. The molecule has 0 unspecified atom stereocenters. The van der Waals surface area contributed by atoms with Crippen molar-refractivity contribution in [1.82, 2.24) is 9.80 Å². The van der Waals surface area contributed by atoms with Crippen LogP contribution in [0.5, 0.6) is 0 Å². The largest absolute Gasteiger partial charge is 0.459 e. The van der Waals surface area contributed by atoms with Crippen LogP contribution in [0.15, 0.2) is 41.0 Å². The van der Waals surface area contributed by atoms with Crippen LogP contribution in [0.2, 0.25) is 0 Å². The van der Waals surface area contributed by atoms with Crippen molar-refractivity contribution in [1.29, 1.82) is 0 Å². The summed E-state index contributed by atoms with van der Waals surface area (Å²) in [6, 6.07) is 8.70. The molecule has 0 radical (unpaired) electrons. The van der Waals surface area contributed by atoms with Crippen molar-refractivity contribution in [2.45, 2.75) is 33.1 Å². The number of carbonyl (C=O) groups is 3. The van der Waals surface area contributed by atoms with Gasteiger partial charge in [0.15, 0.2) is 5.76 Å². The molecule has 2 fully saturated rings. The number of hydrogen-bond acceptors (Lipinski definition) is 5. The molecule has 0 spiro atoms. The number of carbonyl (C=O) groups excluding carboxylic acids is 3. The van der Waals surface area contributed by atoms with Gasteiger partial charge >= 0.3 is 0 Å². The van der Waals surface area contributed by atoms with Gasteiger partial charge in [0.2, 0.25) is 5.91 Å². The zero-order valence-corrected chi connectivity index (χ0v) is 19.4. The van der Waals surface area contributed by atoms with Crippen LogP contribution in [0.25, 0.3) is 0 Å². The van der Waals surface area contributed by atoms with Gasteiger partial charge in [0.1, 0.15) is 0 Å². The van der Waals surface area contributed by atoms with E-state index in [0.29, 0.717) is 37.4 Å². The highest BCUT2D eigenvalue weighted by Gasteiger charge is 2.34. The predicted molar refractivity (Wildman–Crippen MR) is 126 cm³/mol. The van der Waals surface area contributed by atoms with Gasteiger partial charge in [-0.15, -0.1) is 0 Å². The second-order valence-electron chi connectivity index (χ2n) is 8.58. The lowest BCUT2D eigenvalue weighted by atomic mass is 10.1. The Morgan fingerprint density at radius 2 is 1.85 bits per heavy atom. The average Bonchev–Trinajstić information content (AvgIpc) is 3.58. The third-order valence-electron chi connectivity index (χ3n) is 6.36. The zero-order chi connectivity index (χ0) is 23.4. The molecule has 1 N–H and O–H groups in total. The van der Waals surface area contributed by atoms with Crippen molar-refractivity contribution in [2.24, 2.45) is 5.92 Å². The number of nitrogens with one attached hydrogen (secondary N) is 1. The molecule has 2 heterocycles. The minimum atomic E-state index is -0.363. The molecule has 0 atom stereocenters. The fourth-order valence-electron chi connectivity index (χ4n) is 4.31. The van der Waals surface area contributed by atoms with Gasteiger partial charge in [0, 0.05) is 56.6 Å². The lowest BCUT2D eigenvalue weighted by Gasteiger charge is -2.28. The Morgan fingerprint density at radius 3 is 2.52 bits per heavy atom. The first-order valence-corrected chi connectivity index (χ1v) is 11.8. The lowest BCUT2D eigenvalue weighted by molar-refractivity contribution is -0.132. The van der Waals surface area contributed by atoms with Crippen LogP contribution in [0.3, 0.4) is 0 Å². The Balaban J connectivity index is 1.58. The molecule has 1 saturated heterocycles. The Morgan fingerprint density at radius 1 is 1.06 bits per heavy atom. The standard InChI is InChI=1S/C25H32N4O4/c1-3-27(4-2)25(32)20-17-19(26-23(30)22-7-5-16-33-22)10-11-21(20)28-12-6-13-29(15-14-28)24(31)18-8-9-18/h5,7,10-11,16-18H,3-4,6,8-9,12-15H2,1-2H3,(H,26,30). The third kappa shape index (κ3) is 5.21. The Kier molecular flexibility index (Phi) is 7.01. The smallest absolute Gasteiger partial charge is 0.291 e. The summed E-state index contributed by atoms with van der Waals surface area (Å²) in [5.74, 6) is 0.265. The first-order valence-electron chi connectivity index (χ1n) is 11.8. The molecule has 33 heavy (non-hydrogen) atoms. The van der Waals surface area contributed by atoms with Gasteiger partial charge in [0.25, 0.3) is 11.8 Å². The molecule has 1 aliphatic carbocycles. The summed E-state index contributed by atoms with van der Waals surface area (Å²) >= 11 is 0. The monoisotopic (exact) mass is 452 g/mol. The Labute approximate surface area is 194 Å². The van der Waals surface area contributed by atoms with E-state index in [-0.39, 0.29) is 29.4 Å². The van der Waals surface area contributed by atoms with Crippen LogP contribution in [0.1, 0.15) is 54.0 Å². The van der Waals surface area contributed by atoms with E-state index < -0.39 is 0 Å². The van der Waals surface area contributed by atoms with Crippen molar-refractivity contribution in [3.8, 4) is 0 Å². The van der Waals surface area contributed by atoms with Crippen LogP contribution in [-0.2, 0) is 4.79 Å². The Hall–Kier alpha value is -3.29. The van der Waals surface area contributed by atoms with Gasteiger partial charge in [-0.05, 0) is 63.4 Å². The van der Waals surface area contributed by atoms with Crippen LogP contribution in [-0.4, -0.2) is 66.8 Å². The molecule has 8 nitrogen and oxygen atoms in total. The zero-order valence-electron chi connectivity index (χ0n) is 19.4. The normalized spacial score (nSPS) is 16.3. The van der Waals surface area contributed by atoms with E-state index in [0.717, 1.165) is 38.0 Å². The summed E-state index contributed by atoms with van der Waals surface area (Å²) in [6.07, 6.45) is 4.32. The second kappa shape index (κ2) is 10.1. The summed E-state index contributed by atoms with van der Waals surface area (Å²) in [5.41, 5.74) is 1.93. The van der Waals surface area contributed by atoms with Gasteiger partial charge in [-0.25, -0.2) is 0 Å². The fourth-order valence-corrected chi connectivity index (χ4v) is 4.31. The van der Waals surface area contributed by atoms with E-state index in [2.05, 4.69) is 10.2 Å². The van der Waals surface area contributed by atoms with Crippen LogP contribution in [0.4, 0.5) is 11.4 Å². The number of hydrogen-bond donors (Lipinski definition) is 1. The van der Waals surface area contributed by atoms with E-state index >= 15 is 0 Å². The van der Waals surface area contributed by atoms with Gasteiger partial charge in [-0.3, -0.25) is 14.4 Å². The Bertz CT molecular complexity index is 996. The summed E-state index contributed by atoms with van der Waals surface area (Å²) < 4.78 is 5.17. The SMILES string of the molecule is CCN(CC)C(=O)c1cc(NC(=O)c2ccco2)ccc1N1CCCN(C(=O)C2CC2)CC1. The van der Waals surface area contributed by atoms with E-state index in [1.165, 1.54) is 6.26 Å². The van der Waals surface area contributed by atoms with Crippen molar-refractivity contribution >= 4 is 29.1 Å². The molecule has 2 aromatic rings. The van der Waals surface area contributed by atoms with Gasteiger partial charge in [-0.1, -0.05) is 0 Å². The number of benzene rings is 1. The highest BCUT2D eigenvalue weighted by atomic mass is 16.3. The quantitative estimate of drug-likeness (QED) is 0.695. The molecular weight excluding hydrogens is 420 g/mol. The molecule has 1 aromatic carbocycles. The second-order valence-corrected chi connectivity index (χ2v) is 8.58. The molecule has 2 aliphatic rings. The van der Waals surface area contributed by atoms with Crippen LogP contribution in [0, 0.1) is 5.92 Å². The minimum absolute atomic E-state index is 0.0701. The first-order chi connectivity index (χ1) is 16.0. The molecule has 0 bridgehead atoms. The van der Waals surface area contributed by atoms with E-state index in [4.69, 9.17) is 4.42 Å². The molecule has 1 saturated carbocycles. The number of furan rings is 1. The molecule has 1 aromatic heterocycles. The summed E-state index contributed by atoms with van der Waals surface area (Å²) in [6.45, 7) is 7.96. The third-order valence-corrected chi connectivity index (χ3v) is 6.36. The summed E-state index contributed by atoms with van der Waals surface area (Å²) in [7, 11) is 0. The number of anilines is 2. The fraction of sp³-hybridized carbons (Fsp3) is 0.480. The maximum absolute atomic E-state index is 13.4. The summed E-state index contributed by atoms with van der Waals surface area (Å²) in [5, 5.41) is 2.82. The molecule has 1 aliphatic heterocycles. The van der Waals surface area contributed by atoms with Crippen molar-refractivity contribution in [3.63, 3.8) is 0 Å².